The molecule has 4 aromatic rings. The number of ether oxygens (including phenoxy) is 2. The highest BCUT2D eigenvalue weighted by Crippen LogP contribution is 2.31. The minimum atomic E-state index is -0.197. The summed E-state index contributed by atoms with van der Waals surface area (Å²) in [5.41, 5.74) is 3.99. The minimum absolute atomic E-state index is 0.0359. The molecule has 0 radical (unpaired) electrons. The Morgan fingerprint density at radius 3 is 2.62 bits per heavy atom. The summed E-state index contributed by atoms with van der Waals surface area (Å²) in [5.74, 6) is 2.18. The standard InChI is InChI=1S/C25H24N2O3S2/c1-17-6-9-20(10-7-17)30-16-24(28)26-19-8-11-22-23(15-19)32-25(27-22)31-13-12-29-21-5-3-4-18(2)14-21/h3-11,14-15H,12-13,16H2,1-2H3,(H,26,28). The first-order valence-corrected chi connectivity index (χ1v) is 12.1. The van der Waals surface area contributed by atoms with Crippen molar-refractivity contribution in [3.05, 3.63) is 77.9 Å². The van der Waals surface area contributed by atoms with Crippen molar-refractivity contribution < 1.29 is 14.3 Å². The molecule has 5 nitrogen and oxygen atoms in total. The van der Waals surface area contributed by atoms with Gasteiger partial charge < -0.3 is 14.8 Å². The molecule has 0 saturated carbocycles. The summed E-state index contributed by atoms with van der Waals surface area (Å²) in [6.45, 7) is 4.64. The van der Waals surface area contributed by atoms with Crippen molar-refractivity contribution in [3.63, 3.8) is 0 Å². The van der Waals surface area contributed by atoms with Gasteiger partial charge in [-0.05, 0) is 61.9 Å². The number of hydrogen-bond acceptors (Lipinski definition) is 6. The summed E-state index contributed by atoms with van der Waals surface area (Å²) in [6.07, 6.45) is 0. The molecule has 3 aromatic carbocycles. The number of benzene rings is 3. The van der Waals surface area contributed by atoms with Crippen molar-refractivity contribution in [3.8, 4) is 11.5 Å². The van der Waals surface area contributed by atoms with Crippen LogP contribution in [0.25, 0.3) is 10.2 Å². The molecule has 164 valence electrons. The van der Waals surface area contributed by atoms with Gasteiger partial charge in [0.15, 0.2) is 10.9 Å². The fourth-order valence-electron chi connectivity index (χ4n) is 3.02. The zero-order valence-electron chi connectivity index (χ0n) is 18.0. The monoisotopic (exact) mass is 464 g/mol. The lowest BCUT2D eigenvalue weighted by Gasteiger charge is -2.07. The summed E-state index contributed by atoms with van der Waals surface area (Å²) in [4.78, 5) is 16.9. The number of carbonyl (C=O) groups is 1. The van der Waals surface area contributed by atoms with Gasteiger partial charge in [0.25, 0.3) is 5.91 Å². The van der Waals surface area contributed by atoms with E-state index in [4.69, 9.17) is 9.47 Å². The molecular formula is C25H24N2O3S2. The maximum atomic E-state index is 12.2. The molecule has 0 fully saturated rings. The maximum Gasteiger partial charge on any atom is 0.262 e. The van der Waals surface area contributed by atoms with Gasteiger partial charge >= 0.3 is 0 Å². The van der Waals surface area contributed by atoms with Gasteiger partial charge in [0.2, 0.25) is 0 Å². The average molecular weight is 465 g/mol. The smallest absolute Gasteiger partial charge is 0.262 e. The van der Waals surface area contributed by atoms with Gasteiger partial charge in [0.05, 0.1) is 16.8 Å². The molecule has 0 aliphatic rings. The topological polar surface area (TPSA) is 60.5 Å². The van der Waals surface area contributed by atoms with E-state index < -0.39 is 0 Å². The molecule has 4 rings (SSSR count). The van der Waals surface area contributed by atoms with Crippen LogP contribution in [0.5, 0.6) is 11.5 Å². The molecule has 1 amide bonds. The van der Waals surface area contributed by atoms with E-state index in [2.05, 4.69) is 23.3 Å². The highest BCUT2D eigenvalue weighted by molar-refractivity contribution is 8.01. The van der Waals surface area contributed by atoms with Crippen LogP contribution < -0.4 is 14.8 Å². The van der Waals surface area contributed by atoms with Crippen LogP contribution >= 0.6 is 23.1 Å². The fraction of sp³-hybridized carbons (Fsp3) is 0.200. The number of nitrogens with zero attached hydrogens (tertiary/aromatic N) is 1. The first-order valence-electron chi connectivity index (χ1n) is 10.3. The van der Waals surface area contributed by atoms with Crippen molar-refractivity contribution in [1.82, 2.24) is 4.98 Å². The molecule has 0 spiro atoms. The Morgan fingerprint density at radius 2 is 1.81 bits per heavy atom. The van der Waals surface area contributed by atoms with Crippen LogP contribution in [0.1, 0.15) is 11.1 Å². The van der Waals surface area contributed by atoms with Crippen molar-refractivity contribution in [2.75, 3.05) is 24.3 Å². The van der Waals surface area contributed by atoms with Gasteiger partial charge in [-0.2, -0.15) is 0 Å². The highest BCUT2D eigenvalue weighted by atomic mass is 32.2. The maximum absolute atomic E-state index is 12.2. The van der Waals surface area contributed by atoms with Gasteiger partial charge in [0.1, 0.15) is 11.5 Å². The van der Waals surface area contributed by atoms with Crippen LogP contribution in [0.4, 0.5) is 5.69 Å². The molecule has 0 unspecified atom stereocenters. The highest BCUT2D eigenvalue weighted by Gasteiger charge is 2.08. The van der Waals surface area contributed by atoms with E-state index in [1.54, 1.807) is 23.1 Å². The number of thiazole rings is 1. The van der Waals surface area contributed by atoms with Crippen LogP contribution in [0, 0.1) is 13.8 Å². The predicted molar refractivity (Wildman–Crippen MR) is 132 cm³/mol. The molecule has 32 heavy (non-hydrogen) atoms. The predicted octanol–water partition coefficient (Wildman–Crippen LogP) is 6.10. The second kappa shape index (κ2) is 10.5. The Kier molecular flexibility index (Phi) is 7.29. The van der Waals surface area contributed by atoms with Gasteiger partial charge in [-0.15, -0.1) is 11.3 Å². The molecule has 1 aromatic heterocycles. The third-order valence-electron chi connectivity index (χ3n) is 4.61. The number of thioether (sulfide) groups is 1. The summed E-state index contributed by atoms with van der Waals surface area (Å²) in [5, 5.41) is 2.89. The van der Waals surface area contributed by atoms with E-state index in [0.29, 0.717) is 12.4 Å². The van der Waals surface area contributed by atoms with E-state index in [1.165, 1.54) is 5.56 Å². The van der Waals surface area contributed by atoms with Gasteiger partial charge in [-0.3, -0.25) is 4.79 Å². The van der Waals surface area contributed by atoms with Gasteiger partial charge in [0, 0.05) is 11.4 Å². The van der Waals surface area contributed by atoms with Crippen molar-refractivity contribution in [2.24, 2.45) is 0 Å². The van der Waals surface area contributed by atoms with Gasteiger partial charge in [-0.25, -0.2) is 4.98 Å². The number of nitrogens with one attached hydrogen (secondary N) is 1. The summed E-state index contributed by atoms with van der Waals surface area (Å²) in [6, 6.07) is 21.4. The lowest BCUT2D eigenvalue weighted by atomic mass is 10.2. The largest absolute Gasteiger partial charge is 0.493 e. The summed E-state index contributed by atoms with van der Waals surface area (Å²) < 4.78 is 13.4. The first kappa shape index (κ1) is 22.2. The number of fused-ring (bicyclic) bond motifs is 1. The number of anilines is 1. The Balaban J connectivity index is 1.27. The SMILES string of the molecule is Cc1ccc(OCC(=O)Nc2ccc3nc(SCCOc4cccc(C)c4)sc3c2)cc1. The van der Waals surface area contributed by atoms with Crippen LogP contribution in [-0.2, 0) is 4.79 Å². The molecule has 0 bridgehead atoms. The van der Waals surface area contributed by atoms with Crippen LogP contribution in [0.3, 0.4) is 0 Å². The van der Waals surface area contributed by atoms with Crippen molar-refractivity contribution >= 4 is 44.9 Å². The van der Waals surface area contributed by atoms with E-state index in [9.17, 15) is 4.79 Å². The molecule has 0 saturated heterocycles. The van der Waals surface area contributed by atoms with Crippen LogP contribution in [0.15, 0.2) is 71.1 Å². The zero-order valence-corrected chi connectivity index (χ0v) is 19.6. The number of aromatic nitrogens is 1. The van der Waals surface area contributed by atoms with Gasteiger partial charge in [-0.1, -0.05) is 41.6 Å². The normalized spacial score (nSPS) is 10.8. The summed E-state index contributed by atoms with van der Waals surface area (Å²) in [7, 11) is 0. The van der Waals surface area contributed by atoms with Crippen LogP contribution in [0.2, 0.25) is 0 Å². The van der Waals surface area contributed by atoms with Crippen molar-refractivity contribution in [2.45, 2.75) is 18.2 Å². The quantitative estimate of drug-likeness (QED) is 0.239. The van der Waals surface area contributed by atoms with E-state index in [-0.39, 0.29) is 12.5 Å². The molecule has 0 atom stereocenters. The number of rotatable bonds is 9. The number of amides is 1. The zero-order chi connectivity index (χ0) is 22.3. The van der Waals surface area contributed by atoms with E-state index in [0.717, 1.165) is 37.3 Å². The Bertz CT molecular complexity index is 1210. The molecule has 7 heteroatoms. The minimum Gasteiger partial charge on any atom is -0.493 e. The lowest BCUT2D eigenvalue weighted by molar-refractivity contribution is -0.118. The van der Waals surface area contributed by atoms with Crippen molar-refractivity contribution in [1.29, 1.82) is 0 Å². The second-order valence-corrected chi connectivity index (χ2v) is 9.70. The molecule has 0 aliphatic carbocycles. The van der Waals surface area contributed by atoms with Crippen LogP contribution in [-0.4, -0.2) is 29.9 Å². The molecular weight excluding hydrogens is 440 g/mol. The van der Waals surface area contributed by atoms with E-state index >= 15 is 0 Å². The Labute approximate surface area is 195 Å². The molecule has 1 N–H and O–H groups in total. The second-order valence-electron chi connectivity index (χ2n) is 7.33. The number of aryl methyl sites for hydroxylation is 2. The first-order chi connectivity index (χ1) is 15.5. The average Bonchev–Trinajstić information content (AvgIpc) is 3.18. The third-order valence-corrected chi connectivity index (χ3v) is 6.74. The fourth-order valence-corrected chi connectivity index (χ4v) is 5.01. The lowest BCUT2D eigenvalue weighted by Crippen LogP contribution is -2.20. The number of carbonyl (C=O) groups excluding carboxylic acids is 1. The van der Waals surface area contributed by atoms with E-state index in [1.807, 2.05) is 67.6 Å². The third kappa shape index (κ3) is 6.24. The molecule has 1 heterocycles. The number of hydrogen-bond donors (Lipinski definition) is 1. The Hall–Kier alpha value is -3.03. The molecule has 0 aliphatic heterocycles. The Morgan fingerprint density at radius 1 is 0.969 bits per heavy atom. The summed E-state index contributed by atoms with van der Waals surface area (Å²) >= 11 is 3.28.